The third-order valence-corrected chi connectivity index (χ3v) is 5.17. The number of ether oxygens (including phenoxy) is 1. The molecule has 0 radical (unpaired) electrons. The lowest BCUT2D eigenvalue weighted by molar-refractivity contribution is -0.121. The van der Waals surface area contributed by atoms with E-state index in [9.17, 15) is 4.79 Å². The van der Waals surface area contributed by atoms with E-state index in [1.54, 1.807) is 18.2 Å². The number of hydrogen-bond acceptors (Lipinski definition) is 3. The summed E-state index contributed by atoms with van der Waals surface area (Å²) in [5.74, 6) is -0.0155. The van der Waals surface area contributed by atoms with Gasteiger partial charge in [0, 0.05) is 41.8 Å². The molecule has 0 atom stereocenters. The van der Waals surface area contributed by atoms with Crippen molar-refractivity contribution < 1.29 is 9.53 Å². The Balaban J connectivity index is 1.47. The average molecular weight is 393 g/mol. The Hall–Kier alpha value is -1.75. The molecule has 1 saturated heterocycles. The molecular formula is C20H22Cl2N2O2. The van der Waals surface area contributed by atoms with E-state index >= 15 is 0 Å². The van der Waals surface area contributed by atoms with Gasteiger partial charge in [0.15, 0.2) is 0 Å². The van der Waals surface area contributed by atoms with Crippen molar-refractivity contribution in [1.82, 2.24) is 5.32 Å². The fraction of sp³-hybridized carbons (Fsp3) is 0.350. The van der Waals surface area contributed by atoms with Crippen LogP contribution in [-0.4, -0.2) is 32.2 Å². The molecule has 138 valence electrons. The summed E-state index contributed by atoms with van der Waals surface area (Å²) in [5.41, 5.74) is 3.09. The van der Waals surface area contributed by atoms with Crippen molar-refractivity contribution in [3.8, 4) is 0 Å². The van der Waals surface area contributed by atoms with E-state index in [1.807, 2.05) is 0 Å². The molecule has 1 amide bonds. The normalized spacial score (nSPS) is 14.3. The summed E-state index contributed by atoms with van der Waals surface area (Å²) < 4.78 is 5.37. The molecule has 0 aromatic heterocycles. The van der Waals surface area contributed by atoms with Crippen LogP contribution in [0.4, 0.5) is 5.69 Å². The quantitative estimate of drug-likeness (QED) is 0.804. The van der Waals surface area contributed by atoms with Crippen LogP contribution >= 0.6 is 23.2 Å². The summed E-state index contributed by atoms with van der Waals surface area (Å²) in [7, 11) is 0. The number of amides is 1. The van der Waals surface area contributed by atoms with Crippen LogP contribution in [0.3, 0.4) is 0 Å². The van der Waals surface area contributed by atoms with Crippen molar-refractivity contribution in [2.75, 3.05) is 31.2 Å². The van der Waals surface area contributed by atoms with Gasteiger partial charge in [-0.1, -0.05) is 41.4 Å². The Kier molecular flexibility index (Phi) is 6.78. The molecule has 0 unspecified atom stereocenters. The second-order valence-electron chi connectivity index (χ2n) is 6.24. The van der Waals surface area contributed by atoms with Crippen LogP contribution in [0.15, 0.2) is 42.5 Å². The molecule has 1 heterocycles. The lowest BCUT2D eigenvalue weighted by Gasteiger charge is -2.28. The highest BCUT2D eigenvalue weighted by Crippen LogP contribution is 2.25. The van der Waals surface area contributed by atoms with Gasteiger partial charge in [-0.2, -0.15) is 0 Å². The third kappa shape index (κ3) is 5.13. The van der Waals surface area contributed by atoms with Crippen LogP contribution in [0.5, 0.6) is 0 Å². The summed E-state index contributed by atoms with van der Waals surface area (Å²) in [6, 6.07) is 13.7. The molecule has 26 heavy (non-hydrogen) atoms. The van der Waals surface area contributed by atoms with Gasteiger partial charge < -0.3 is 15.0 Å². The number of carbonyl (C=O) groups excluding carboxylic acids is 1. The molecule has 1 aliphatic heterocycles. The molecule has 0 bridgehead atoms. The number of hydrogen-bond donors (Lipinski definition) is 1. The standard InChI is InChI=1S/C20H22Cl2N2O2/c21-18-2-1-3-19(22)17(18)8-9-20(25)23-14-15-4-6-16(7-5-15)24-10-12-26-13-11-24/h1-7H,8-14H2,(H,23,25). The van der Waals surface area contributed by atoms with E-state index in [4.69, 9.17) is 27.9 Å². The summed E-state index contributed by atoms with van der Waals surface area (Å²) >= 11 is 12.3. The molecule has 1 fully saturated rings. The zero-order chi connectivity index (χ0) is 18.4. The van der Waals surface area contributed by atoms with Crippen LogP contribution in [0.1, 0.15) is 17.5 Å². The van der Waals surface area contributed by atoms with Crippen molar-refractivity contribution in [2.45, 2.75) is 19.4 Å². The highest BCUT2D eigenvalue weighted by Gasteiger charge is 2.11. The van der Waals surface area contributed by atoms with Gasteiger partial charge in [0.25, 0.3) is 0 Å². The molecule has 0 saturated carbocycles. The Morgan fingerprint density at radius 1 is 1.04 bits per heavy atom. The first-order valence-corrected chi connectivity index (χ1v) is 9.50. The van der Waals surface area contributed by atoms with Gasteiger partial charge in [0.1, 0.15) is 0 Å². The predicted octanol–water partition coefficient (Wildman–Crippen LogP) is 4.08. The molecule has 1 N–H and O–H groups in total. The van der Waals surface area contributed by atoms with E-state index in [0.717, 1.165) is 37.4 Å². The van der Waals surface area contributed by atoms with Crippen LogP contribution < -0.4 is 10.2 Å². The second kappa shape index (κ2) is 9.26. The molecule has 1 aliphatic rings. The first-order valence-electron chi connectivity index (χ1n) is 8.75. The zero-order valence-corrected chi connectivity index (χ0v) is 16.0. The minimum Gasteiger partial charge on any atom is -0.378 e. The van der Waals surface area contributed by atoms with E-state index in [2.05, 4.69) is 34.5 Å². The Bertz CT molecular complexity index is 724. The number of nitrogens with zero attached hydrogens (tertiary/aromatic N) is 1. The van der Waals surface area contributed by atoms with Gasteiger partial charge in [-0.25, -0.2) is 0 Å². The summed E-state index contributed by atoms with van der Waals surface area (Å²) in [5, 5.41) is 4.15. The minimum absolute atomic E-state index is 0.0155. The highest BCUT2D eigenvalue weighted by atomic mass is 35.5. The molecule has 2 aromatic carbocycles. The molecule has 0 aliphatic carbocycles. The number of halogens is 2. The molecule has 6 heteroatoms. The smallest absolute Gasteiger partial charge is 0.220 e. The van der Waals surface area contributed by atoms with E-state index in [-0.39, 0.29) is 5.91 Å². The minimum atomic E-state index is -0.0155. The second-order valence-corrected chi connectivity index (χ2v) is 7.06. The Morgan fingerprint density at radius 2 is 1.69 bits per heavy atom. The van der Waals surface area contributed by atoms with Crippen molar-refractivity contribution in [3.63, 3.8) is 0 Å². The number of carbonyl (C=O) groups is 1. The van der Waals surface area contributed by atoms with Gasteiger partial charge in [-0.3, -0.25) is 4.79 Å². The van der Waals surface area contributed by atoms with Gasteiger partial charge >= 0.3 is 0 Å². The first-order chi connectivity index (χ1) is 12.6. The largest absolute Gasteiger partial charge is 0.378 e. The van der Waals surface area contributed by atoms with Crippen molar-refractivity contribution in [2.24, 2.45) is 0 Å². The van der Waals surface area contributed by atoms with Crippen LogP contribution in [0.25, 0.3) is 0 Å². The zero-order valence-electron chi connectivity index (χ0n) is 14.5. The third-order valence-electron chi connectivity index (χ3n) is 4.47. The van der Waals surface area contributed by atoms with Gasteiger partial charge in [-0.05, 0) is 41.8 Å². The molecule has 2 aromatic rings. The van der Waals surface area contributed by atoms with Gasteiger partial charge in [0.2, 0.25) is 5.91 Å². The maximum atomic E-state index is 12.1. The number of morpholine rings is 1. The molecule has 4 nitrogen and oxygen atoms in total. The molecule has 0 spiro atoms. The van der Waals surface area contributed by atoms with Crippen LogP contribution in [0, 0.1) is 0 Å². The topological polar surface area (TPSA) is 41.6 Å². The summed E-state index contributed by atoms with van der Waals surface area (Å²) in [6.07, 6.45) is 0.885. The fourth-order valence-electron chi connectivity index (χ4n) is 2.94. The van der Waals surface area contributed by atoms with Crippen molar-refractivity contribution >= 4 is 34.8 Å². The molecule has 3 rings (SSSR count). The summed E-state index contributed by atoms with van der Waals surface area (Å²) in [6.45, 7) is 3.89. The number of nitrogens with one attached hydrogen (secondary N) is 1. The van der Waals surface area contributed by atoms with E-state index < -0.39 is 0 Å². The van der Waals surface area contributed by atoms with Gasteiger partial charge in [-0.15, -0.1) is 0 Å². The highest BCUT2D eigenvalue weighted by molar-refractivity contribution is 6.36. The van der Waals surface area contributed by atoms with Crippen molar-refractivity contribution in [3.05, 3.63) is 63.6 Å². The molecular weight excluding hydrogens is 371 g/mol. The Labute approximate surface area is 164 Å². The predicted molar refractivity (Wildman–Crippen MR) is 106 cm³/mol. The number of benzene rings is 2. The average Bonchev–Trinajstić information content (AvgIpc) is 2.67. The maximum Gasteiger partial charge on any atom is 0.220 e. The SMILES string of the molecule is O=C(CCc1c(Cl)cccc1Cl)NCc1ccc(N2CCOCC2)cc1. The first kappa shape index (κ1) is 19.0. The summed E-state index contributed by atoms with van der Waals surface area (Å²) in [4.78, 5) is 14.4. The van der Waals surface area contributed by atoms with Gasteiger partial charge in [0.05, 0.1) is 13.2 Å². The lowest BCUT2D eigenvalue weighted by Crippen LogP contribution is -2.36. The monoisotopic (exact) mass is 392 g/mol. The maximum absolute atomic E-state index is 12.1. The Morgan fingerprint density at radius 3 is 2.35 bits per heavy atom. The van der Waals surface area contributed by atoms with Crippen LogP contribution in [-0.2, 0) is 22.5 Å². The fourth-order valence-corrected chi connectivity index (χ4v) is 3.53. The van der Waals surface area contributed by atoms with Crippen molar-refractivity contribution in [1.29, 1.82) is 0 Å². The lowest BCUT2D eigenvalue weighted by atomic mass is 10.1. The van der Waals surface area contributed by atoms with E-state index in [1.165, 1.54) is 5.69 Å². The number of anilines is 1. The number of rotatable bonds is 6. The van der Waals surface area contributed by atoms with Crippen LogP contribution in [0.2, 0.25) is 10.0 Å². The van der Waals surface area contributed by atoms with E-state index in [0.29, 0.717) is 29.4 Å².